The van der Waals surface area contributed by atoms with Gasteiger partial charge in [-0.05, 0) is 52.9 Å². The van der Waals surface area contributed by atoms with Crippen LogP contribution in [-0.4, -0.2) is 37.6 Å². The lowest BCUT2D eigenvalue weighted by atomic mass is 10.1. The Hall–Kier alpha value is -0.0800. The summed E-state index contributed by atoms with van der Waals surface area (Å²) in [5.74, 6) is 0. The number of rotatable bonds is 11. The molecule has 0 amide bonds. The van der Waals surface area contributed by atoms with Crippen molar-refractivity contribution in [3.05, 3.63) is 0 Å². The molecule has 0 saturated carbocycles. The van der Waals surface area contributed by atoms with Crippen molar-refractivity contribution in [1.82, 2.24) is 10.2 Å². The number of hydrogen-bond donors (Lipinski definition) is 1. The summed E-state index contributed by atoms with van der Waals surface area (Å²) in [5, 5.41) is 3.37. The predicted octanol–water partition coefficient (Wildman–Crippen LogP) is 3.28. The van der Waals surface area contributed by atoms with Crippen LogP contribution in [0.1, 0.15) is 59.3 Å². The van der Waals surface area contributed by atoms with Crippen LogP contribution >= 0.6 is 0 Å². The first kappa shape index (κ1) is 15.9. The summed E-state index contributed by atoms with van der Waals surface area (Å²) in [4.78, 5) is 2.51. The monoisotopic (exact) mass is 228 g/mol. The maximum Gasteiger partial charge on any atom is 0.00637 e. The van der Waals surface area contributed by atoms with Crippen molar-refractivity contribution in [1.29, 1.82) is 0 Å². The smallest absolute Gasteiger partial charge is 0.00637 e. The minimum absolute atomic E-state index is 0.756. The summed E-state index contributed by atoms with van der Waals surface area (Å²) in [6.07, 6.45) is 8.08. The normalized spacial score (nSPS) is 13.3. The topological polar surface area (TPSA) is 15.3 Å². The lowest BCUT2D eigenvalue weighted by Gasteiger charge is -2.24. The Labute approximate surface area is 103 Å². The highest BCUT2D eigenvalue weighted by Gasteiger charge is 2.06. The van der Waals surface area contributed by atoms with Gasteiger partial charge in [0.25, 0.3) is 0 Å². The fourth-order valence-electron chi connectivity index (χ4n) is 2.00. The zero-order valence-corrected chi connectivity index (χ0v) is 11.9. The van der Waals surface area contributed by atoms with Crippen LogP contribution in [-0.2, 0) is 0 Å². The molecule has 0 spiro atoms. The Balaban J connectivity index is 3.23. The highest BCUT2D eigenvalue weighted by atomic mass is 15.1. The van der Waals surface area contributed by atoms with Crippen molar-refractivity contribution < 1.29 is 0 Å². The fraction of sp³-hybridized carbons (Fsp3) is 1.00. The SMILES string of the molecule is CCCC(C)N(C)CCCCCCNCC. The molecule has 0 rings (SSSR count). The molecule has 0 aromatic rings. The first-order chi connectivity index (χ1) is 7.72. The lowest BCUT2D eigenvalue weighted by molar-refractivity contribution is 0.239. The number of unbranched alkanes of at least 4 members (excludes halogenated alkanes) is 3. The van der Waals surface area contributed by atoms with Gasteiger partial charge in [-0.1, -0.05) is 33.1 Å². The molecular formula is C14H32N2. The molecule has 1 atom stereocenters. The Bertz CT molecular complexity index is 137. The van der Waals surface area contributed by atoms with Crippen LogP contribution in [0.15, 0.2) is 0 Å². The van der Waals surface area contributed by atoms with E-state index in [1.807, 2.05) is 0 Å². The van der Waals surface area contributed by atoms with Crippen molar-refractivity contribution in [2.75, 3.05) is 26.7 Å². The van der Waals surface area contributed by atoms with Crippen LogP contribution in [0.25, 0.3) is 0 Å². The van der Waals surface area contributed by atoms with E-state index in [2.05, 4.69) is 38.0 Å². The highest BCUT2D eigenvalue weighted by molar-refractivity contribution is 4.62. The van der Waals surface area contributed by atoms with Crippen molar-refractivity contribution >= 4 is 0 Å². The molecule has 0 fully saturated rings. The maximum atomic E-state index is 3.37. The summed E-state index contributed by atoms with van der Waals surface area (Å²) >= 11 is 0. The van der Waals surface area contributed by atoms with Crippen LogP contribution in [0.3, 0.4) is 0 Å². The van der Waals surface area contributed by atoms with Gasteiger partial charge < -0.3 is 10.2 Å². The molecule has 0 bridgehead atoms. The Morgan fingerprint density at radius 3 is 2.38 bits per heavy atom. The van der Waals surface area contributed by atoms with E-state index in [1.54, 1.807) is 0 Å². The van der Waals surface area contributed by atoms with Gasteiger partial charge in [-0.25, -0.2) is 0 Å². The molecule has 0 heterocycles. The standard InChI is InChI=1S/C14H32N2/c1-5-11-14(3)16(4)13-10-8-7-9-12-15-6-2/h14-15H,5-13H2,1-4H3. The van der Waals surface area contributed by atoms with Gasteiger partial charge in [0.1, 0.15) is 0 Å². The van der Waals surface area contributed by atoms with Gasteiger partial charge in [0.2, 0.25) is 0 Å². The zero-order chi connectivity index (χ0) is 12.2. The van der Waals surface area contributed by atoms with Gasteiger partial charge >= 0.3 is 0 Å². The predicted molar refractivity (Wildman–Crippen MR) is 74.0 cm³/mol. The van der Waals surface area contributed by atoms with Crippen LogP contribution in [0.2, 0.25) is 0 Å². The second kappa shape index (κ2) is 11.4. The molecule has 2 heteroatoms. The van der Waals surface area contributed by atoms with E-state index in [1.165, 1.54) is 51.6 Å². The average molecular weight is 228 g/mol. The molecular weight excluding hydrogens is 196 g/mol. The van der Waals surface area contributed by atoms with E-state index in [0.717, 1.165) is 12.6 Å². The molecule has 0 aromatic heterocycles. The molecule has 2 nitrogen and oxygen atoms in total. The maximum absolute atomic E-state index is 3.37. The number of nitrogens with one attached hydrogen (secondary N) is 1. The lowest BCUT2D eigenvalue weighted by Crippen LogP contribution is -2.29. The van der Waals surface area contributed by atoms with E-state index >= 15 is 0 Å². The summed E-state index contributed by atoms with van der Waals surface area (Å²) < 4.78 is 0. The third-order valence-corrected chi connectivity index (χ3v) is 3.32. The summed E-state index contributed by atoms with van der Waals surface area (Å²) in [6, 6.07) is 0.756. The van der Waals surface area contributed by atoms with E-state index in [4.69, 9.17) is 0 Å². The third-order valence-electron chi connectivity index (χ3n) is 3.32. The summed E-state index contributed by atoms with van der Waals surface area (Å²) in [7, 11) is 2.26. The molecule has 0 aliphatic rings. The van der Waals surface area contributed by atoms with Crippen LogP contribution in [0.4, 0.5) is 0 Å². The first-order valence-electron chi connectivity index (χ1n) is 7.13. The van der Waals surface area contributed by atoms with E-state index in [0.29, 0.717) is 0 Å². The highest BCUT2D eigenvalue weighted by Crippen LogP contribution is 2.06. The van der Waals surface area contributed by atoms with Gasteiger partial charge in [0, 0.05) is 6.04 Å². The first-order valence-corrected chi connectivity index (χ1v) is 7.13. The summed E-state index contributed by atoms with van der Waals surface area (Å²) in [6.45, 7) is 10.3. The molecule has 0 aliphatic heterocycles. The van der Waals surface area contributed by atoms with Crippen molar-refractivity contribution in [3.8, 4) is 0 Å². The number of nitrogens with zero attached hydrogens (tertiary/aromatic N) is 1. The quantitative estimate of drug-likeness (QED) is 0.546. The van der Waals surface area contributed by atoms with Gasteiger partial charge in [0.05, 0.1) is 0 Å². The molecule has 16 heavy (non-hydrogen) atoms. The van der Waals surface area contributed by atoms with Gasteiger partial charge in [0.15, 0.2) is 0 Å². The molecule has 1 unspecified atom stereocenters. The van der Waals surface area contributed by atoms with Crippen molar-refractivity contribution in [3.63, 3.8) is 0 Å². The van der Waals surface area contributed by atoms with Crippen LogP contribution in [0.5, 0.6) is 0 Å². The minimum atomic E-state index is 0.756. The Kier molecular flexibility index (Phi) is 11.3. The fourth-order valence-corrected chi connectivity index (χ4v) is 2.00. The van der Waals surface area contributed by atoms with E-state index in [-0.39, 0.29) is 0 Å². The van der Waals surface area contributed by atoms with Gasteiger partial charge in [-0.2, -0.15) is 0 Å². The van der Waals surface area contributed by atoms with Gasteiger partial charge in [-0.15, -0.1) is 0 Å². The largest absolute Gasteiger partial charge is 0.317 e. The Morgan fingerprint density at radius 2 is 1.75 bits per heavy atom. The van der Waals surface area contributed by atoms with Crippen LogP contribution in [0, 0.1) is 0 Å². The van der Waals surface area contributed by atoms with Crippen molar-refractivity contribution in [2.24, 2.45) is 0 Å². The Morgan fingerprint density at radius 1 is 1.06 bits per heavy atom. The summed E-state index contributed by atoms with van der Waals surface area (Å²) in [5.41, 5.74) is 0. The molecule has 0 aromatic carbocycles. The molecule has 0 saturated heterocycles. The molecule has 1 N–H and O–H groups in total. The average Bonchev–Trinajstić information content (AvgIpc) is 2.28. The third kappa shape index (κ3) is 9.17. The molecule has 0 radical (unpaired) electrons. The van der Waals surface area contributed by atoms with Gasteiger partial charge in [-0.3, -0.25) is 0 Å². The molecule has 0 aliphatic carbocycles. The second-order valence-corrected chi connectivity index (χ2v) is 4.89. The molecule has 98 valence electrons. The minimum Gasteiger partial charge on any atom is -0.317 e. The zero-order valence-electron chi connectivity index (χ0n) is 11.9. The van der Waals surface area contributed by atoms with Crippen LogP contribution < -0.4 is 5.32 Å². The number of hydrogen-bond acceptors (Lipinski definition) is 2. The van der Waals surface area contributed by atoms with Crippen molar-refractivity contribution in [2.45, 2.75) is 65.3 Å². The van der Waals surface area contributed by atoms with E-state index < -0.39 is 0 Å². The second-order valence-electron chi connectivity index (χ2n) is 4.89. The van der Waals surface area contributed by atoms with E-state index in [9.17, 15) is 0 Å².